The molecule has 23 heavy (non-hydrogen) atoms. The molecule has 0 saturated carbocycles. The van der Waals surface area contributed by atoms with E-state index in [4.69, 9.17) is 10.5 Å². The summed E-state index contributed by atoms with van der Waals surface area (Å²) < 4.78 is 34.7. The predicted molar refractivity (Wildman–Crippen MR) is 94.9 cm³/mol. The molecular weight excluding hydrogens is 338 g/mol. The second kappa shape index (κ2) is 9.53. The van der Waals surface area contributed by atoms with Crippen LogP contribution in [-0.4, -0.2) is 62.5 Å². The summed E-state index contributed by atoms with van der Waals surface area (Å²) >= 11 is 0. The smallest absolute Gasteiger partial charge is 0.281 e. The van der Waals surface area contributed by atoms with Crippen LogP contribution in [0.1, 0.15) is 39.5 Å². The maximum Gasteiger partial charge on any atom is 0.281 e. The summed E-state index contributed by atoms with van der Waals surface area (Å²) in [6, 6.07) is 0. The molecule has 6 nitrogen and oxygen atoms in total. The zero-order chi connectivity index (χ0) is 16.2. The molecule has 2 unspecified atom stereocenters. The van der Waals surface area contributed by atoms with Gasteiger partial charge in [-0.15, -0.1) is 12.4 Å². The van der Waals surface area contributed by atoms with E-state index in [9.17, 15) is 8.42 Å². The van der Waals surface area contributed by atoms with Crippen molar-refractivity contribution in [2.75, 3.05) is 39.3 Å². The summed E-state index contributed by atoms with van der Waals surface area (Å²) in [5.74, 6) is 0.881. The van der Waals surface area contributed by atoms with Crippen molar-refractivity contribution in [2.24, 2.45) is 17.6 Å². The van der Waals surface area contributed by atoms with Crippen LogP contribution in [0, 0.1) is 11.8 Å². The molecule has 8 heteroatoms. The van der Waals surface area contributed by atoms with Gasteiger partial charge in [0, 0.05) is 32.8 Å². The van der Waals surface area contributed by atoms with Gasteiger partial charge >= 0.3 is 0 Å². The fourth-order valence-electron chi connectivity index (χ4n) is 3.52. The molecular formula is C15H32ClN3O3S. The van der Waals surface area contributed by atoms with Crippen molar-refractivity contribution in [1.82, 2.24) is 8.61 Å². The average Bonchev–Trinajstić information content (AvgIpc) is 2.47. The Labute approximate surface area is 147 Å². The summed E-state index contributed by atoms with van der Waals surface area (Å²) in [6.07, 6.45) is 3.72. The zero-order valence-corrected chi connectivity index (χ0v) is 15.9. The molecule has 2 heterocycles. The average molecular weight is 370 g/mol. The van der Waals surface area contributed by atoms with Crippen molar-refractivity contribution >= 4 is 22.6 Å². The van der Waals surface area contributed by atoms with Crippen LogP contribution < -0.4 is 5.73 Å². The highest BCUT2D eigenvalue weighted by Crippen LogP contribution is 2.26. The first-order valence-electron chi connectivity index (χ1n) is 8.50. The van der Waals surface area contributed by atoms with Gasteiger partial charge in [-0.25, -0.2) is 0 Å². The van der Waals surface area contributed by atoms with E-state index in [0.717, 1.165) is 25.7 Å². The molecule has 2 N–H and O–H groups in total. The van der Waals surface area contributed by atoms with Crippen molar-refractivity contribution in [3.8, 4) is 0 Å². The molecule has 0 spiro atoms. The molecule has 0 bridgehead atoms. The van der Waals surface area contributed by atoms with Crippen molar-refractivity contribution in [2.45, 2.75) is 45.6 Å². The molecule has 0 radical (unpaired) electrons. The molecule has 0 aromatic heterocycles. The largest absolute Gasteiger partial charge is 0.378 e. The highest BCUT2D eigenvalue weighted by Gasteiger charge is 2.36. The number of piperidine rings is 2. The van der Waals surface area contributed by atoms with Gasteiger partial charge < -0.3 is 10.5 Å². The first kappa shape index (κ1) is 21.1. The molecule has 2 aliphatic rings. The maximum atomic E-state index is 12.8. The molecule has 2 rings (SSSR count). The second-order valence-corrected chi connectivity index (χ2v) is 8.81. The van der Waals surface area contributed by atoms with E-state index >= 15 is 0 Å². The predicted octanol–water partition coefficient (Wildman–Crippen LogP) is 1.46. The summed E-state index contributed by atoms with van der Waals surface area (Å²) in [5, 5.41) is 0. The Morgan fingerprint density at radius 2 is 1.65 bits per heavy atom. The SMILES string of the molecule is CC1CC(C)CN(S(=O)(=O)N2CCC(OCCCN)CC2)C1.Cl. The Bertz CT molecular complexity index is 431. The molecule has 0 aromatic rings. The first-order chi connectivity index (χ1) is 10.4. The lowest BCUT2D eigenvalue weighted by Crippen LogP contribution is -2.52. The topological polar surface area (TPSA) is 75.9 Å². The zero-order valence-electron chi connectivity index (χ0n) is 14.3. The molecule has 0 amide bonds. The standard InChI is InChI=1S/C15H31N3O3S.ClH/c1-13-10-14(2)12-18(11-13)22(19,20)17-7-4-15(5-8-17)21-9-3-6-16;/h13-15H,3-12,16H2,1-2H3;1H. The van der Waals surface area contributed by atoms with Crippen LogP contribution in [0.15, 0.2) is 0 Å². The van der Waals surface area contributed by atoms with Crippen LogP contribution in [0.25, 0.3) is 0 Å². The van der Waals surface area contributed by atoms with Crippen LogP contribution >= 0.6 is 12.4 Å². The van der Waals surface area contributed by atoms with E-state index in [-0.39, 0.29) is 18.5 Å². The summed E-state index contributed by atoms with van der Waals surface area (Å²) in [7, 11) is -3.31. The van der Waals surface area contributed by atoms with Crippen molar-refractivity contribution in [3.63, 3.8) is 0 Å². The minimum absolute atomic E-state index is 0. The third kappa shape index (κ3) is 5.83. The third-order valence-electron chi connectivity index (χ3n) is 4.59. The first-order valence-corrected chi connectivity index (χ1v) is 9.90. The van der Waals surface area contributed by atoms with Gasteiger partial charge in [0.15, 0.2) is 0 Å². The quantitative estimate of drug-likeness (QED) is 0.719. The van der Waals surface area contributed by atoms with Gasteiger partial charge in [-0.1, -0.05) is 13.8 Å². The molecule has 0 aliphatic carbocycles. The second-order valence-electron chi connectivity index (χ2n) is 6.88. The molecule has 2 fully saturated rings. The van der Waals surface area contributed by atoms with Gasteiger partial charge in [0.25, 0.3) is 10.2 Å². The van der Waals surface area contributed by atoms with E-state index in [1.54, 1.807) is 8.61 Å². The number of halogens is 1. The van der Waals surface area contributed by atoms with E-state index < -0.39 is 10.2 Å². The summed E-state index contributed by atoms with van der Waals surface area (Å²) in [4.78, 5) is 0. The van der Waals surface area contributed by atoms with Crippen LogP contribution in [0.4, 0.5) is 0 Å². The van der Waals surface area contributed by atoms with Crippen molar-refractivity contribution in [1.29, 1.82) is 0 Å². The maximum absolute atomic E-state index is 12.8. The number of rotatable bonds is 6. The molecule has 2 saturated heterocycles. The van der Waals surface area contributed by atoms with E-state index in [1.807, 2.05) is 0 Å². The number of nitrogens with two attached hydrogens (primary N) is 1. The van der Waals surface area contributed by atoms with E-state index in [2.05, 4.69) is 13.8 Å². The number of hydrogen-bond acceptors (Lipinski definition) is 4. The normalized spacial score (nSPS) is 28.5. The fraction of sp³-hybridized carbons (Fsp3) is 1.00. The summed E-state index contributed by atoms with van der Waals surface area (Å²) in [6.45, 7) is 8.02. The van der Waals surface area contributed by atoms with Crippen LogP contribution in [0.5, 0.6) is 0 Å². The molecule has 0 aromatic carbocycles. The number of ether oxygens (including phenoxy) is 1. The lowest BCUT2D eigenvalue weighted by molar-refractivity contribution is 0.0197. The van der Waals surface area contributed by atoms with Crippen LogP contribution in [0.2, 0.25) is 0 Å². The fourth-order valence-corrected chi connectivity index (χ4v) is 5.40. The Morgan fingerprint density at radius 3 is 2.17 bits per heavy atom. The third-order valence-corrected chi connectivity index (χ3v) is 6.56. The van der Waals surface area contributed by atoms with Crippen molar-refractivity contribution < 1.29 is 13.2 Å². The van der Waals surface area contributed by atoms with E-state index in [1.165, 1.54) is 0 Å². The van der Waals surface area contributed by atoms with E-state index in [0.29, 0.717) is 51.2 Å². The lowest BCUT2D eigenvalue weighted by atomic mass is 9.94. The number of hydrogen-bond donors (Lipinski definition) is 1. The van der Waals surface area contributed by atoms with Gasteiger partial charge in [-0.2, -0.15) is 17.0 Å². The number of nitrogens with zero attached hydrogens (tertiary/aromatic N) is 2. The van der Waals surface area contributed by atoms with Crippen LogP contribution in [-0.2, 0) is 14.9 Å². The molecule has 138 valence electrons. The Morgan fingerprint density at radius 1 is 1.09 bits per heavy atom. The monoisotopic (exact) mass is 369 g/mol. The van der Waals surface area contributed by atoms with Gasteiger partial charge in [0.1, 0.15) is 0 Å². The Hall–Kier alpha value is 0.0800. The summed E-state index contributed by atoms with van der Waals surface area (Å²) in [5.41, 5.74) is 5.46. The molecule has 2 atom stereocenters. The molecule has 2 aliphatic heterocycles. The van der Waals surface area contributed by atoms with Crippen molar-refractivity contribution in [3.05, 3.63) is 0 Å². The van der Waals surface area contributed by atoms with Gasteiger partial charge in [0.2, 0.25) is 0 Å². The highest BCUT2D eigenvalue weighted by atomic mass is 35.5. The lowest BCUT2D eigenvalue weighted by Gasteiger charge is -2.39. The van der Waals surface area contributed by atoms with Crippen LogP contribution in [0.3, 0.4) is 0 Å². The van der Waals surface area contributed by atoms with Gasteiger partial charge in [0.05, 0.1) is 6.10 Å². The van der Waals surface area contributed by atoms with Gasteiger partial charge in [-0.05, 0) is 44.1 Å². The minimum Gasteiger partial charge on any atom is -0.378 e. The highest BCUT2D eigenvalue weighted by molar-refractivity contribution is 7.86. The van der Waals surface area contributed by atoms with Gasteiger partial charge in [-0.3, -0.25) is 0 Å². The minimum atomic E-state index is -3.31. The Kier molecular flexibility index (Phi) is 8.76. The Balaban J connectivity index is 0.00000264.